The first-order valence-electron chi connectivity index (χ1n) is 6.76. The molecular formula is C13H26N4. The summed E-state index contributed by atoms with van der Waals surface area (Å²) in [5.41, 5.74) is 1.06. The highest BCUT2D eigenvalue weighted by Gasteiger charge is 2.01. The Morgan fingerprint density at radius 2 is 1.82 bits per heavy atom. The molecule has 0 atom stereocenters. The van der Waals surface area contributed by atoms with Crippen molar-refractivity contribution in [2.75, 3.05) is 14.1 Å². The molecule has 1 aromatic heterocycles. The molecule has 98 valence electrons. The van der Waals surface area contributed by atoms with E-state index in [1.165, 1.54) is 38.5 Å². The maximum Gasteiger partial charge on any atom is 0.0966 e. The first-order valence-corrected chi connectivity index (χ1v) is 6.76. The Kier molecular flexibility index (Phi) is 6.86. The highest BCUT2D eigenvalue weighted by atomic mass is 15.4. The van der Waals surface area contributed by atoms with Crippen LogP contribution < -0.4 is 0 Å². The fraction of sp³-hybridized carbons (Fsp3) is 0.846. The Labute approximate surface area is 105 Å². The maximum atomic E-state index is 4.16. The second-order valence-corrected chi connectivity index (χ2v) is 4.98. The van der Waals surface area contributed by atoms with E-state index in [4.69, 9.17) is 0 Å². The molecule has 0 fully saturated rings. The van der Waals surface area contributed by atoms with Crippen molar-refractivity contribution >= 4 is 0 Å². The number of aryl methyl sites for hydroxylation is 1. The van der Waals surface area contributed by atoms with Crippen molar-refractivity contribution in [1.29, 1.82) is 0 Å². The molecule has 0 saturated carbocycles. The Balaban J connectivity index is 2.12. The summed E-state index contributed by atoms with van der Waals surface area (Å²) < 4.78 is 1.97. The van der Waals surface area contributed by atoms with Crippen molar-refractivity contribution in [3.8, 4) is 0 Å². The van der Waals surface area contributed by atoms with Crippen LogP contribution in [0.15, 0.2) is 6.20 Å². The first-order chi connectivity index (χ1) is 8.22. The van der Waals surface area contributed by atoms with Crippen molar-refractivity contribution in [2.24, 2.45) is 0 Å². The monoisotopic (exact) mass is 238 g/mol. The Bertz CT molecular complexity index is 293. The van der Waals surface area contributed by atoms with Gasteiger partial charge in [0.15, 0.2) is 0 Å². The van der Waals surface area contributed by atoms with Crippen molar-refractivity contribution < 1.29 is 0 Å². The lowest BCUT2D eigenvalue weighted by atomic mass is 10.1. The Morgan fingerprint density at radius 1 is 1.12 bits per heavy atom. The Morgan fingerprint density at radius 3 is 2.53 bits per heavy atom. The molecule has 0 bridgehead atoms. The minimum atomic E-state index is 0.872. The van der Waals surface area contributed by atoms with Crippen LogP contribution in [0.1, 0.15) is 51.1 Å². The van der Waals surface area contributed by atoms with Gasteiger partial charge in [-0.15, -0.1) is 5.10 Å². The zero-order valence-corrected chi connectivity index (χ0v) is 11.5. The summed E-state index contributed by atoms with van der Waals surface area (Å²) in [6, 6.07) is 0. The van der Waals surface area contributed by atoms with Crippen LogP contribution in [-0.4, -0.2) is 34.0 Å². The van der Waals surface area contributed by atoms with Gasteiger partial charge in [0.2, 0.25) is 0 Å². The fourth-order valence-corrected chi connectivity index (χ4v) is 1.90. The Hall–Kier alpha value is -0.900. The van der Waals surface area contributed by atoms with Crippen LogP contribution in [0.25, 0.3) is 0 Å². The fourth-order valence-electron chi connectivity index (χ4n) is 1.90. The zero-order valence-electron chi connectivity index (χ0n) is 11.5. The van der Waals surface area contributed by atoms with Crippen molar-refractivity contribution in [2.45, 2.75) is 58.5 Å². The summed E-state index contributed by atoms with van der Waals surface area (Å²) in [4.78, 5) is 2.11. The highest BCUT2D eigenvalue weighted by Crippen LogP contribution is 2.06. The molecular weight excluding hydrogens is 212 g/mol. The molecule has 0 spiro atoms. The van der Waals surface area contributed by atoms with Gasteiger partial charge < -0.3 is 4.90 Å². The van der Waals surface area contributed by atoms with E-state index in [0.29, 0.717) is 0 Å². The third-order valence-electron chi connectivity index (χ3n) is 2.81. The van der Waals surface area contributed by atoms with E-state index in [-0.39, 0.29) is 0 Å². The van der Waals surface area contributed by atoms with Gasteiger partial charge in [0.1, 0.15) is 0 Å². The summed E-state index contributed by atoms with van der Waals surface area (Å²) in [5.74, 6) is 0. The zero-order chi connectivity index (χ0) is 12.5. The van der Waals surface area contributed by atoms with Gasteiger partial charge in [-0.1, -0.05) is 44.2 Å². The average molecular weight is 238 g/mol. The molecule has 0 aliphatic rings. The second kappa shape index (κ2) is 8.23. The molecule has 1 heterocycles. The smallest absolute Gasteiger partial charge is 0.0966 e. The van der Waals surface area contributed by atoms with E-state index >= 15 is 0 Å². The summed E-state index contributed by atoms with van der Waals surface area (Å²) in [7, 11) is 4.10. The van der Waals surface area contributed by atoms with Crippen molar-refractivity contribution in [3.63, 3.8) is 0 Å². The number of aromatic nitrogens is 3. The van der Waals surface area contributed by atoms with E-state index in [1.807, 2.05) is 18.8 Å². The number of unbranched alkanes of at least 4 members (excludes halogenated alkanes) is 5. The average Bonchev–Trinajstić information content (AvgIpc) is 2.70. The lowest BCUT2D eigenvalue weighted by Gasteiger charge is -2.04. The van der Waals surface area contributed by atoms with Gasteiger partial charge in [-0.25, -0.2) is 0 Å². The van der Waals surface area contributed by atoms with Gasteiger partial charge in [0.25, 0.3) is 0 Å². The van der Waals surface area contributed by atoms with E-state index in [9.17, 15) is 0 Å². The van der Waals surface area contributed by atoms with E-state index in [1.54, 1.807) is 0 Å². The van der Waals surface area contributed by atoms with Crippen LogP contribution >= 0.6 is 0 Å². The highest BCUT2D eigenvalue weighted by molar-refractivity contribution is 4.91. The van der Waals surface area contributed by atoms with E-state index in [0.717, 1.165) is 18.8 Å². The van der Waals surface area contributed by atoms with Gasteiger partial charge in [-0.2, -0.15) is 0 Å². The van der Waals surface area contributed by atoms with Crippen LogP contribution in [0, 0.1) is 0 Å². The number of hydrogen-bond donors (Lipinski definition) is 0. The number of hydrogen-bond acceptors (Lipinski definition) is 3. The van der Waals surface area contributed by atoms with E-state index < -0.39 is 0 Å². The third kappa shape index (κ3) is 6.41. The molecule has 4 nitrogen and oxygen atoms in total. The van der Waals surface area contributed by atoms with Gasteiger partial charge in [0, 0.05) is 19.3 Å². The maximum absolute atomic E-state index is 4.16. The molecule has 0 aliphatic heterocycles. The van der Waals surface area contributed by atoms with Crippen LogP contribution in [0.3, 0.4) is 0 Å². The minimum Gasteiger partial charge on any atom is -0.303 e. The lowest BCUT2D eigenvalue weighted by molar-refractivity contribution is 0.396. The molecule has 0 aliphatic carbocycles. The summed E-state index contributed by atoms with van der Waals surface area (Å²) in [6.45, 7) is 4.13. The molecule has 0 N–H and O–H groups in total. The molecule has 1 aromatic rings. The predicted molar refractivity (Wildman–Crippen MR) is 70.8 cm³/mol. The van der Waals surface area contributed by atoms with Crippen LogP contribution in [0.2, 0.25) is 0 Å². The standard InChI is InChI=1S/C13H26N4/c1-4-5-6-7-8-9-10-17-12-13(14-15-17)11-16(2)3/h12H,4-11H2,1-3H3. The van der Waals surface area contributed by atoms with Crippen molar-refractivity contribution in [1.82, 2.24) is 19.9 Å². The molecule has 1 rings (SSSR count). The molecule has 0 saturated heterocycles. The summed E-state index contributed by atoms with van der Waals surface area (Å²) in [5, 5.41) is 8.30. The molecule has 0 radical (unpaired) electrons. The van der Waals surface area contributed by atoms with Gasteiger partial charge in [-0.3, -0.25) is 4.68 Å². The van der Waals surface area contributed by atoms with Crippen LogP contribution in [0.4, 0.5) is 0 Å². The third-order valence-corrected chi connectivity index (χ3v) is 2.81. The predicted octanol–water partition coefficient (Wildman–Crippen LogP) is 2.70. The topological polar surface area (TPSA) is 34.0 Å². The summed E-state index contributed by atoms with van der Waals surface area (Å²) >= 11 is 0. The molecule has 17 heavy (non-hydrogen) atoms. The van der Waals surface area contributed by atoms with Gasteiger partial charge >= 0.3 is 0 Å². The quantitative estimate of drug-likeness (QED) is 0.620. The lowest BCUT2D eigenvalue weighted by Crippen LogP contribution is -2.10. The first kappa shape index (κ1) is 14.2. The summed E-state index contributed by atoms with van der Waals surface area (Å²) in [6.07, 6.45) is 10.0. The second-order valence-electron chi connectivity index (χ2n) is 4.98. The van der Waals surface area contributed by atoms with Gasteiger partial charge in [0.05, 0.1) is 5.69 Å². The molecule has 0 unspecified atom stereocenters. The van der Waals surface area contributed by atoms with Crippen molar-refractivity contribution in [3.05, 3.63) is 11.9 Å². The number of rotatable bonds is 9. The molecule has 4 heteroatoms. The normalized spacial score (nSPS) is 11.3. The van der Waals surface area contributed by atoms with Gasteiger partial charge in [-0.05, 0) is 20.5 Å². The SMILES string of the molecule is CCCCCCCCn1cc(CN(C)C)nn1. The van der Waals surface area contributed by atoms with Crippen LogP contribution in [0.5, 0.6) is 0 Å². The molecule has 0 amide bonds. The minimum absolute atomic E-state index is 0.872. The van der Waals surface area contributed by atoms with E-state index in [2.05, 4.69) is 28.3 Å². The number of nitrogens with zero attached hydrogens (tertiary/aromatic N) is 4. The largest absolute Gasteiger partial charge is 0.303 e. The molecule has 0 aromatic carbocycles. The van der Waals surface area contributed by atoms with Crippen LogP contribution in [-0.2, 0) is 13.1 Å².